The van der Waals surface area contributed by atoms with Crippen LogP contribution in [0.3, 0.4) is 0 Å². The van der Waals surface area contributed by atoms with Crippen molar-refractivity contribution in [3.63, 3.8) is 0 Å². The van der Waals surface area contributed by atoms with Gasteiger partial charge >= 0.3 is 0 Å². The van der Waals surface area contributed by atoms with Crippen molar-refractivity contribution >= 4 is 5.91 Å². The van der Waals surface area contributed by atoms with Gasteiger partial charge in [-0.1, -0.05) is 60.7 Å². The summed E-state index contributed by atoms with van der Waals surface area (Å²) < 4.78 is 5.58. The molecule has 0 radical (unpaired) electrons. The zero-order chi connectivity index (χ0) is 17.8. The minimum atomic E-state index is -0.0884. The molecule has 0 bridgehead atoms. The molecule has 26 heavy (non-hydrogen) atoms. The van der Waals surface area contributed by atoms with Gasteiger partial charge in [-0.15, -0.1) is 10.2 Å². The second kappa shape index (κ2) is 7.45. The summed E-state index contributed by atoms with van der Waals surface area (Å²) in [7, 11) is 0. The smallest absolute Gasteiger partial charge is 0.246 e. The summed E-state index contributed by atoms with van der Waals surface area (Å²) in [4.78, 5) is 16.0. The van der Waals surface area contributed by atoms with Crippen LogP contribution in [0.5, 0.6) is 0 Å². The average molecular weight is 349 g/mol. The van der Waals surface area contributed by atoms with Crippen LogP contribution in [0.1, 0.15) is 11.6 Å². The number of carbonyl (C=O) groups excluding carboxylic acids is 1. The first-order valence-corrected chi connectivity index (χ1v) is 8.56. The molecule has 2 heterocycles. The lowest BCUT2D eigenvalue weighted by molar-refractivity contribution is -0.141. The highest BCUT2D eigenvalue weighted by atomic mass is 16.5. The highest BCUT2D eigenvalue weighted by molar-refractivity contribution is 5.76. The largest absolute Gasteiger partial charge is 0.377 e. The lowest BCUT2D eigenvalue weighted by atomic mass is 10.0. The van der Waals surface area contributed by atoms with Gasteiger partial charge in [-0.25, -0.2) is 0 Å². The zero-order valence-corrected chi connectivity index (χ0v) is 14.2. The molecule has 1 saturated heterocycles. The fourth-order valence-electron chi connectivity index (χ4n) is 3.08. The zero-order valence-electron chi connectivity index (χ0n) is 14.2. The molecule has 132 valence electrons. The summed E-state index contributed by atoms with van der Waals surface area (Å²) in [6.45, 7) is 1.65. The SMILES string of the molecule is O=C(Cn1nnc(-c2ccccc2)n1)N1CCOC[C@@H]1c1ccccc1. The van der Waals surface area contributed by atoms with Gasteiger partial charge in [-0.2, -0.15) is 4.80 Å². The van der Waals surface area contributed by atoms with Crippen molar-refractivity contribution < 1.29 is 9.53 Å². The molecule has 1 aromatic heterocycles. The molecule has 1 aliphatic heterocycles. The Hall–Kier alpha value is -3.06. The summed E-state index contributed by atoms with van der Waals surface area (Å²) in [5, 5.41) is 12.4. The number of tetrazole rings is 1. The number of morpholine rings is 1. The molecule has 4 rings (SSSR count). The number of hydrogen-bond donors (Lipinski definition) is 0. The van der Waals surface area contributed by atoms with Gasteiger partial charge in [-0.3, -0.25) is 4.79 Å². The number of aromatic nitrogens is 4. The van der Waals surface area contributed by atoms with E-state index in [2.05, 4.69) is 15.4 Å². The number of rotatable bonds is 4. The van der Waals surface area contributed by atoms with Gasteiger partial charge in [-0.05, 0) is 10.8 Å². The Morgan fingerprint density at radius 2 is 1.81 bits per heavy atom. The van der Waals surface area contributed by atoms with E-state index in [0.717, 1.165) is 11.1 Å². The number of ether oxygens (including phenoxy) is 1. The third kappa shape index (κ3) is 3.48. The third-order valence-electron chi connectivity index (χ3n) is 4.39. The molecule has 0 spiro atoms. The molecule has 1 aliphatic rings. The average Bonchev–Trinajstić information content (AvgIpc) is 3.18. The molecule has 0 saturated carbocycles. The van der Waals surface area contributed by atoms with Crippen molar-refractivity contribution in [3.05, 3.63) is 66.2 Å². The van der Waals surface area contributed by atoms with Crippen molar-refractivity contribution in [2.45, 2.75) is 12.6 Å². The van der Waals surface area contributed by atoms with E-state index in [4.69, 9.17) is 4.74 Å². The van der Waals surface area contributed by atoms with Crippen LogP contribution in [-0.4, -0.2) is 50.8 Å². The van der Waals surface area contributed by atoms with Gasteiger partial charge in [0, 0.05) is 12.1 Å². The summed E-state index contributed by atoms with van der Waals surface area (Å²) >= 11 is 0. The van der Waals surface area contributed by atoms with Gasteiger partial charge in [0.25, 0.3) is 0 Å². The van der Waals surface area contributed by atoms with Crippen LogP contribution < -0.4 is 0 Å². The molecule has 1 fully saturated rings. The molecule has 1 amide bonds. The molecular weight excluding hydrogens is 330 g/mol. The summed E-state index contributed by atoms with van der Waals surface area (Å²) in [5.74, 6) is 0.471. The maximum absolute atomic E-state index is 12.8. The number of carbonyl (C=O) groups is 1. The molecular formula is C19H19N5O2. The van der Waals surface area contributed by atoms with Crippen LogP contribution in [-0.2, 0) is 16.1 Å². The number of hydrogen-bond acceptors (Lipinski definition) is 5. The Kier molecular flexibility index (Phi) is 4.70. The van der Waals surface area contributed by atoms with Crippen molar-refractivity contribution in [1.82, 2.24) is 25.1 Å². The Labute approximate surface area is 151 Å². The molecule has 3 aromatic rings. The number of nitrogens with zero attached hydrogens (tertiary/aromatic N) is 5. The van der Waals surface area contributed by atoms with Crippen LogP contribution in [0, 0.1) is 0 Å². The summed E-state index contributed by atoms with van der Waals surface area (Å²) in [5.41, 5.74) is 1.94. The monoisotopic (exact) mass is 349 g/mol. The lowest BCUT2D eigenvalue weighted by Crippen LogP contribution is -2.45. The maximum Gasteiger partial charge on any atom is 0.246 e. The van der Waals surface area contributed by atoms with Crippen molar-refractivity contribution in [1.29, 1.82) is 0 Å². The highest BCUT2D eigenvalue weighted by Crippen LogP contribution is 2.24. The van der Waals surface area contributed by atoms with E-state index >= 15 is 0 Å². The van der Waals surface area contributed by atoms with E-state index in [1.165, 1.54) is 4.80 Å². The Balaban J connectivity index is 1.49. The topological polar surface area (TPSA) is 73.1 Å². The number of amides is 1. The lowest BCUT2D eigenvalue weighted by Gasteiger charge is -2.35. The molecule has 0 N–H and O–H groups in total. The van der Waals surface area contributed by atoms with Crippen LogP contribution >= 0.6 is 0 Å². The second-order valence-electron chi connectivity index (χ2n) is 6.10. The first-order valence-electron chi connectivity index (χ1n) is 8.56. The second-order valence-corrected chi connectivity index (χ2v) is 6.10. The summed E-state index contributed by atoms with van der Waals surface area (Å²) in [6, 6.07) is 19.4. The van der Waals surface area contributed by atoms with Crippen LogP contribution in [0.4, 0.5) is 0 Å². The van der Waals surface area contributed by atoms with Gasteiger partial charge in [0.15, 0.2) is 0 Å². The number of benzene rings is 2. The van der Waals surface area contributed by atoms with Crippen LogP contribution in [0.2, 0.25) is 0 Å². The molecule has 0 unspecified atom stereocenters. The van der Waals surface area contributed by atoms with Crippen molar-refractivity contribution in [2.24, 2.45) is 0 Å². The Morgan fingerprint density at radius 3 is 2.58 bits per heavy atom. The molecule has 2 aromatic carbocycles. The highest BCUT2D eigenvalue weighted by Gasteiger charge is 2.29. The molecule has 1 atom stereocenters. The van der Waals surface area contributed by atoms with Gasteiger partial charge in [0.1, 0.15) is 6.54 Å². The van der Waals surface area contributed by atoms with E-state index in [0.29, 0.717) is 25.6 Å². The summed E-state index contributed by atoms with van der Waals surface area (Å²) in [6.07, 6.45) is 0. The first kappa shape index (κ1) is 16.4. The van der Waals surface area contributed by atoms with Crippen molar-refractivity contribution in [2.75, 3.05) is 19.8 Å². The minimum Gasteiger partial charge on any atom is -0.377 e. The quantitative estimate of drug-likeness (QED) is 0.720. The third-order valence-corrected chi connectivity index (χ3v) is 4.39. The molecule has 7 heteroatoms. The minimum absolute atomic E-state index is 0.0424. The van der Waals surface area contributed by atoms with Gasteiger partial charge < -0.3 is 9.64 Å². The maximum atomic E-state index is 12.8. The fraction of sp³-hybridized carbons (Fsp3) is 0.263. The van der Waals surface area contributed by atoms with Crippen LogP contribution in [0.25, 0.3) is 11.4 Å². The fourth-order valence-corrected chi connectivity index (χ4v) is 3.08. The normalized spacial score (nSPS) is 17.2. The predicted octanol–water partition coefficient (Wildman–Crippen LogP) is 1.94. The van der Waals surface area contributed by atoms with E-state index in [1.807, 2.05) is 65.6 Å². The van der Waals surface area contributed by atoms with Gasteiger partial charge in [0.2, 0.25) is 11.7 Å². The van der Waals surface area contributed by atoms with E-state index in [1.54, 1.807) is 0 Å². The Morgan fingerprint density at radius 1 is 1.08 bits per heavy atom. The van der Waals surface area contributed by atoms with Crippen LogP contribution in [0.15, 0.2) is 60.7 Å². The van der Waals surface area contributed by atoms with E-state index in [9.17, 15) is 4.79 Å². The molecule has 7 nitrogen and oxygen atoms in total. The molecule has 0 aliphatic carbocycles. The van der Waals surface area contributed by atoms with E-state index < -0.39 is 0 Å². The van der Waals surface area contributed by atoms with Crippen molar-refractivity contribution in [3.8, 4) is 11.4 Å². The van der Waals surface area contributed by atoms with Gasteiger partial charge in [0.05, 0.1) is 19.3 Å². The standard InChI is InChI=1S/C19H19N5O2/c25-18(13-24-21-19(20-22-24)16-9-5-2-6-10-16)23-11-12-26-14-17(23)15-7-3-1-4-8-15/h1-10,17H,11-14H2/t17-/m1/s1. The van der Waals surface area contributed by atoms with E-state index in [-0.39, 0.29) is 18.5 Å². The Bertz CT molecular complexity index is 866. The predicted molar refractivity (Wildman–Crippen MR) is 95.0 cm³/mol. The first-order chi connectivity index (χ1) is 12.8.